The second-order valence-corrected chi connectivity index (χ2v) is 33.3. The predicted molar refractivity (Wildman–Crippen MR) is 438 cm³/mol. The van der Waals surface area contributed by atoms with Gasteiger partial charge in [0.1, 0.15) is 27.1 Å². The molecule has 116 heavy (non-hydrogen) atoms. The average molecular weight is 1600 g/mol. The molecule has 7 aliphatic carbocycles. The highest BCUT2D eigenvalue weighted by Crippen LogP contribution is 2.36. The molecule has 8 aliphatic rings. The minimum absolute atomic E-state index is 0.0153. The molecule has 622 valence electrons. The Labute approximate surface area is 668 Å². The van der Waals surface area contributed by atoms with Crippen molar-refractivity contribution in [2.75, 3.05) is 13.1 Å². The Morgan fingerprint density at radius 1 is 0.371 bits per heavy atom. The van der Waals surface area contributed by atoms with Crippen molar-refractivity contribution in [1.29, 1.82) is 0 Å². The van der Waals surface area contributed by atoms with E-state index in [0.29, 0.717) is 102 Å². The van der Waals surface area contributed by atoms with Crippen LogP contribution >= 0.6 is 0 Å². The van der Waals surface area contributed by atoms with Crippen LogP contribution in [0.15, 0.2) is 101 Å². The van der Waals surface area contributed by atoms with Crippen LogP contribution in [0.1, 0.15) is 287 Å². The van der Waals surface area contributed by atoms with E-state index < -0.39 is 33.7 Å². The van der Waals surface area contributed by atoms with Crippen LogP contribution in [0.3, 0.4) is 0 Å². The van der Waals surface area contributed by atoms with Crippen molar-refractivity contribution in [1.82, 2.24) is 44.8 Å². The minimum atomic E-state index is -0.549. The summed E-state index contributed by atoms with van der Waals surface area (Å²) in [6.45, 7) is 6.40. The van der Waals surface area contributed by atoms with Gasteiger partial charge in [-0.25, -0.2) is 24.0 Å². The molecular formula is C85H109N13O18. The SMILES string of the molecule is CC(C)(C)OC(=O)N1CCC(=NOc2nc3oc(=O)cc(CCC4CCCCC4)c3c(=O)[nH]2)CC1.O=c1cc(CCC2CCCCC2)c2c(=O)[nH]c(ON=C3CCCCC3)nc2o1.O=c1cc(CCCC2CC2)c2c(=O)[nH]c(ON=C3CCCCC3)nc2o1.O=c1cc(CCCCC2CC2)c2c(=O)[nH]c(ON=C3CCCCC3)nc2o1. The molecule has 8 aromatic rings. The van der Waals surface area contributed by atoms with Crippen LogP contribution in [0.4, 0.5) is 4.79 Å². The average Bonchev–Trinajstić information content (AvgIpc) is 1.08. The minimum Gasteiger partial charge on any atom is -0.444 e. The topological polar surface area (TPSA) is 420 Å². The van der Waals surface area contributed by atoms with Gasteiger partial charge in [0.25, 0.3) is 22.2 Å². The first-order valence-corrected chi connectivity index (χ1v) is 42.4. The lowest BCUT2D eigenvalue weighted by molar-refractivity contribution is 0.0248. The normalized spacial score (nSPS) is 17.6. The highest BCUT2D eigenvalue weighted by Gasteiger charge is 2.28. The Morgan fingerprint density at radius 2 is 0.655 bits per heavy atom. The number of amides is 1. The van der Waals surface area contributed by atoms with Gasteiger partial charge in [-0.05, 0) is 195 Å². The van der Waals surface area contributed by atoms with Crippen molar-refractivity contribution in [2.24, 2.45) is 44.3 Å². The van der Waals surface area contributed by atoms with E-state index in [1.165, 1.54) is 140 Å². The van der Waals surface area contributed by atoms with Crippen molar-refractivity contribution in [3.05, 3.63) is 130 Å². The van der Waals surface area contributed by atoms with Gasteiger partial charge in [0.05, 0.1) is 22.8 Å². The maximum Gasteiger partial charge on any atom is 0.410 e. The van der Waals surface area contributed by atoms with Gasteiger partial charge in [-0.3, -0.25) is 39.1 Å². The maximum atomic E-state index is 12.8. The van der Waals surface area contributed by atoms with Crippen LogP contribution in [0.25, 0.3) is 44.4 Å². The monoisotopic (exact) mass is 1600 g/mol. The van der Waals surface area contributed by atoms with Gasteiger partial charge in [-0.2, -0.15) is 19.9 Å². The summed E-state index contributed by atoms with van der Waals surface area (Å²) in [6.07, 6.45) is 44.0. The molecule has 0 unspecified atom stereocenters. The number of nitrogens with one attached hydrogen (secondary N) is 4. The second-order valence-electron chi connectivity index (χ2n) is 33.3. The lowest BCUT2D eigenvalue weighted by Gasteiger charge is -2.30. The van der Waals surface area contributed by atoms with Gasteiger partial charge in [0.15, 0.2) is 0 Å². The number of hydrogen-bond acceptors (Lipinski definition) is 26. The van der Waals surface area contributed by atoms with Gasteiger partial charge in [0.2, 0.25) is 22.9 Å². The third kappa shape index (κ3) is 24.8. The number of carbonyl (C=O) groups excluding carboxylic acids is 1. The Morgan fingerprint density at radius 3 is 0.974 bits per heavy atom. The molecule has 31 heteroatoms. The molecule has 8 aromatic heterocycles. The fourth-order valence-corrected chi connectivity index (χ4v) is 16.2. The number of nitrogens with zero attached hydrogens (tertiary/aromatic N) is 9. The fourth-order valence-electron chi connectivity index (χ4n) is 16.2. The van der Waals surface area contributed by atoms with Crippen molar-refractivity contribution in [2.45, 2.75) is 296 Å². The summed E-state index contributed by atoms with van der Waals surface area (Å²) in [6, 6.07) is 5.35. The third-order valence-corrected chi connectivity index (χ3v) is 22.9. The first-order valence-electron chi connectivity index (χ1n) is 42.4. The largest absolute Gasteiger partial charge is 0.444 e. The Bertz CT molecular complexity index is 5350. The van der Waals surface area contributed by atoms with E-state index >= 15 is 0 Å². The quantitative estimate of drug-likeness (QED) is 0.0341. The number of oxime groups is 4. The molecule has 8 fully saturated rings. The molecule has 1 amide bonds. The lowest BCUT2D eigenvalue weighted by Crippen LogP contribution is -2.42. The summed E-state index contributed by atoms with van der Waals surface area (Å²) < 4.78 is 26.1. The van der Waals surface area contributed by atoms with Gasteiger partial charge in [0, 0.05) is 50.2 Å². The number of likely N-dealkylation sites (tertiary alicyclic amines) is 1. The van der Waals surface area contributed by atoms with Crippen LogP contribution in [-0.4, -0.2) is 92.4 Å². The second kappa shape index (κ2) is 40.4. The number of ether oxygens (including phenoxy) is 1. The van der Waals surface area contributed by atoms with Crippen LogP contribution in [0, 0.1) is 23.7 Å². The third-order valence-electron chi connectivity index (χ3n) is 22.9. The molecule has 0 spiro atoms. The standard InChI is InChI=1S/C25H34N4O6.C21H27N3O4.C20H25N3O4.C19H23N3O4/c1-25(2,3)34-24(32)29-13-11-18(12-14-29)28-35-23-26-21(31)20-17(15-19(30)33-22(20)27-23)10-9-16-7-5-4-6-8-16;25-17-13-15(12-11-14-7-3-1-4-8-14)18-19(26)22-21(23-20(18)27-17)28-24-16-9-5-2-6-10-16;24-16-12-14(7-5-4-6-13-10-11-13)17-18(25)21-20(22-19(17)26-16)27-23-15-8-2-1-3-9-15;23-15-11-13(6-4-5-12-9-10-12)16-17(24)20-19(21-18(16)25-15)26-22-14-7-2-1-3-8-14/h15-16H,4-14H2,1-3H3,(H,26,27,31);13-14H,1-12H2,(H,22,23,26);12-13H,1-11H2,(H,21,22,25);11-12H,1-10H2,(H,20,21,24). The number of H-pyrrole nitrogens is 4. The van der Waals surface area contributed by atoms with Crippen LogP contribution in [0.2, 0.25) is 0 Å². The molecule has 4 N–H and O–H groups in total. The lowest BCUT2D eigenvalue weighted by atomic mass is 9.85. The van der Waals surface area contributed by atoms with E-state index in [4.69, 9.17) is 41.8 Å². The maximum absolute atomic E-state index is 12.8. The molecule has 0 atom stereocenters. The molecule has 9 heterocycles. The molecule has 7 saturated carbocycles. The zero-order valence-corrected chi connectivity index (χ0v) is 67.1. The van der Waals surface area contributed by atoms with E-state index in [1.54, 1.807) is 4.90 Å². The van der Waals surface area contributed by atoms with E-state index in [0.717, 1.165) is 150 Å². The highest BCUT2D eigenvalue weighted by atomic mass is 16.7. The number of carbonyl (C=O) groups is 1. The predicted octanol–water partition coefficient (Wildman–Crippen LogP) is 15.2. The molecule has 31 nitrogen and oxygen atoms in total. The summed E-state index contributed by atoms with van der Waals surface area (Å²) in [5.74, 6) is 2.99. The molecule has 0 bridgehead atoms. The number of hydrogen-bond donors (Lipinski definition) is 4. The summed E-state index contributed by atoms with van der Waals surface area (Å²) in [5.41, 5.74) is 2.30. The first kappa shape index (κ1) is 83.5. The number of fused-ring (bicyclic) bond motifs is 4. The summed E-state index contributed by atoms with van der Waals surface area (Å²) in [5, 5.41) is 17.7. The number of aromatic nitrogens is 8. The van der Waals surface area contributed by atoms with Gasteiger partial charge in [-0.1, -0.05) is 149 Å². The zero-order valence-electron chi connectivity index (χ0n) is 67.1. The Balaban J connectivity index is 0.000000135. The van der Waals surface area contributed by atoms with E-state index in [9.17, 15) is 43.2 Å². The van der Waals surface area contributed by atoms with Gasteiger partial charge in [-0.15, -0.1) is 0 Å². The number of aromatic amines is 4. The summed E-state index contributed by atoms with van der Waals surface area (Å²) in [4.78, 5) is 161. The van der Waals surface area contributed by atoms with Crippen molar-refractivity contribution in [3.63, 3.8) is 0 Å². The van der Waals surface area contributed by atoms with E-state index in [1.807, 2.05) is 20.8 Å². The van der Waals surface area contributed by atoms with Gasteiger partial charge >= 0.3 is 52.6 Å². The van der Waals surface area contributed by atoms with Crippen molar-refractivity contribution < 1.29 is 46.6 Å². The Hall–Kier alpha value is -10.5. The zero-order chi connectivity index (χ0) is 80.9. The number of piperidine rings is 1. The Kier molecular flexibility index (Phi) is 29.1. The highest BCUT2D eigenvalue weighted by molar-refractivity contribution is 5.87. The van der Waals surface area contributed by atoms with Gasteiger partial charge < -0.3 is 46.7 Å². The van der Waals surface area contributed by atoms with Crippen LogP contribution < -0.4 is 64.1 Å². The molecule has 1 saturated heterocycles. The van der Waals surface area contributed by atoms with Crippen LogP contribution in [0.5, 0.6) is 24.0 Å². The number of aryl methyl sites for hydroxylation is 4. The molecular weight excluding hydrogens is 1490 g/mol. The smallest absolute Gasteiger partial charge is 0.410 e. The number of unbranched alkanes of at least 4 members (excludes halogenated alkanes) is 1. The molecule has 0 radical (unpaired) electrons. The molecule has 0 aromatic carbocycles. The van der Waals surface area contributed by atoms with E-state index in [-0.39, 0.29) is 75.1 Å². The van der Waals surface area contributed by atoms with Crippen LogP contribution in [-0.2, 0) is 30.4 Å². The summed E-state index contributed by atoms with van der Waals surface area (Å²) in [7, 11) is 0. The first-order chi connectivity index (χ1) is 56.2. The van der Waals surface area contributed by atoms with Crippen molar-refractivity contribution in [3.8, 4) is 24.0 Å². The molecule has 16 rings (SSSR count). The summed E-state index contributed by atoms with van der Waals surface area (Å²) >= 11 is 0. The van der Waals surface area contributed by atoms with Crippen molar-refractivity contribution >= 4 is 73.3 Å². The number of rotatable bonds is 23. The fraction of sp³-hybridized carbons (Fsp3) is 0.612. The molecule has 1 aliphatic heterocycles. The van der Waals surface area contributed by atoms with E-state index in [2.05, 4.69) is 60.5 Å².